The van der Waals surface area contributed by atoms with E-state index in [1.807, 2.05) is 13.8 Å². The Bertz CT molecular complexity index is 909. The predicted molar refractivity (Wildman–Crippen MR) is 104 cm³/mol. The second kappa shape index (κ2) is 8.79. The number of furan rings is 1. The van der Waals surface area contributed by atoms with E-state index in [1.54, 1.807) is 36.6 Å². The second-order valence-electron chi connectivity index (χ2n) is 6.86. The van der Waals surface area contributed by atoms with Gasteiger partial charge in [0.2, 0.25) is 15.9 Å². The number of nitrogens with one attached hydrogen (secondary N) is 1. The van der Waals surface area contributed by atoms with E-state index in [1.165, 1.54) is 4.31 Å². The summed E-state index contributed by atoms with van der Waals surface area (Å²) < 4.78 is 38.2. The van der Waals surface area contributed by atoms with Gasteiger partial charge < -0.3 is 14.5 Å². The van der Waals surface area contributed by atoms with Crippen LogP contribution in [-0.4, -0.2) is 38.3 Å². The molecule has 0 spiro atoms. The molecular formula is C20H26N2O5S. The number of hydrogen-bond donors (Lipinski definition) is 1. The van der Waals surface area contributed by atoms with Gasteiger partial charge in [0.15, 0.2) is 0 Å². The van der Waals surface area contributed by atoms with Crippen molar-refractivity contribution < 1.29 is 22.4 Å². The molecule has 2 aromatic rings. The quantitative estimate of drug-likeness (QED) is 0.764. The molecule has 7 nitrogen and oxygen atoms in total. The summed E-state index contributed by atoms with van der Waals surface area (Å²) in [5.74, 6) is 0.815. The zero-order valence-corrected chi connectivity index (χ0v) is 17.0. The van der Waals surface area contributed by atoms with Gasteiger partial charge >= 0.3 is 0 Å². The molecule has 1 aromatic heterocycles. The summed E-state index contributed by atoms with van der Waals surface area (Å²) in [6, 6.07) is 8.42. The smallest absolute Gasteiger partial charge is 0.243 e. The van der Waals surface area contributed by atoms with Crippen molar-refractivity contribution >= 4 is 15.9 Å². The van der Waals surface area contributed by atoms with Crippen LogP contribution in [0.3, 0.4) is 0 Å². The number of rotatable bonds is 7. The molecule has 0 saturated carbocycles. The lowest BCUT2D eigenvalue weighted by molar-refractivity contribution is -0.126. The molecule has 2 heterocycles. The molecule has 1 aliphatic rings. The molecule has 1 saturated heterocycles. The Labute approximate surface area is 165 Å². The molecule has 1 fully saturated rings. The van der Waals surface area contributed by atoms with Gasteiger partial charge in [-0.1, -0.05) is 0 Å². The molecule has 0 radical (unpaired) electrons. The van der Waals surface area contributed by atoms with Crippen molar-refractivity contribution in [3.8, 4) is 5.75 Å². The van der Waals surface area contributed by atoms with E-state index in [-0.39, 0.29) is 23.3 Å². The fourth-order valence-electron chi connectivity index (χ4n) is 3.36. The molecule has 1 aliphatic heterocycles. The first-order valence-electron chi connectivity index (χ1n) is 9.45. The van der Waals surface area contributed by atoms with Gasteiger partial charge in [0.1, 0.15) is 11.5 Å². The van der Waals surface area contributed by atoms with E-state index >= 15 is 0 Å². The number of hydrogen-bond acceptors (Lipinski definition) is 5. The van der Waals surface area contributed by atoms with Gasteiger partial charge in [-0.3, -0.25) is 4.79 Å². The molecule has 8 heteroatoms. The highest BCUT2D eigenvalue weighted by molar-refractivity contribution is 7.89. The van der Waals surface area contributed by atoms with Gasteiger partial charge in [-0.05, 0) is 62.6 Å². The Kier molecular flexibility index (Phi) is 6.41. The van der Waals surface area contributed by atoms with Crippen molar-refractivity contribution in [3.63, 3.8) is 0 Å². The number of piperidine rings is 1. The molecule has 1 N–H and O–H groups in total. The molecule has 152 valence electrons. The number of carbonyl (C=O) groups excluding carboxylic acids is 1. The summed E-state index contributed by atoms with van der Waals surface area (Å²) in [6.07, 6.45) is 2.86. The lowest BCUT2D eigenvalue weighted by Crippen LogP contribution is -2.45. The Morgan fingerprint density at radius 1 is 1.36 bits per heavy atom. The van der Waals surface area contributed by atoms with E-state index in [2.05, 4.69) is 5.32 Å². The van der Waals surface area contributed by atoms with E-state index in [0.29, 0.717) is 44.0 Å². The Morgan fingerprint density at radius 2 is 2.18 bits per heavy atom. The normalized spacial score (nSPS) is 18.0. The maximum absolute atomic E-state index is 13.1. The van der Waals surface area contributed by atoms with Crippen LogP contribution in [0.25, 0.3) is 0 Å². The highest BCUT2D eigenvalue weighted by Gasteiger charge is 2.33. The first kappa shape index (κ1) is 20.4. The maximum Gasteiger partial charge on any atom is 0.243 e. The highest BCUT2D eigenvalue weighted by Crippen LogP contribution is 2.27. The Balaban J connectivity index is 1.68. The van der Waals surface area contributed by atoms with Crippen LogP contribution in [0.5, 0.6) is 5.75 Å². The molecular weight excluding hydrogens is 380 g/mol. The lowest BCUT2D eigenvalue weighted by atomic mass is 9.99. The number of carbonyl (C=O) groups is 1. The van der Waals surface area contributed by atoms with Crippen LogP contribution in [-0.2, 0) is 21.4 Å². The van der Waals surface area contributed by atoms with Crippen LogP contribution < -0.4 is 10.1 Å². The van der Waals surface area contributed by atoms with Crippen LogP contribution >= 0.6 is 0 Å². The molecule has 0 bridgehead atoms. The maximum atomic E-state index is 13.1. The monoisotopic (exact) mass is 406 g/mol. The number of benzene rings is 1. The molecule has 1 amide bonds. The van der Waals surface area contributed by atoms with E-state index in [4.69, 9.17) is 9.15 Å². The van der Waals surface area contributed by atoms with Gasteiger partial charge in [-0.15, -0.1) is 0 Å². The minimum atomic E-state index is -3.66. The van der Waals surface area contributed by atoms with Gasteiger partial charge in [-0.2, -0.15) is 4.31 Å². The fraction of sp³-hybridized carbons (Fsp3) is 0.450. The van der Waals surface area contributed by atoms with Crippen molar-refractivity contribution in [2.75, 3.05) is 19.7 Å². The third-order valence-corrected chi connectivity index (χ3v) is 6.72. The predicted octanol–water partition coefficient (Wildman–Crippen LogP) is 2.70. The number of amides is 1. The molecule has 0 unspecified atom stereocenters. The molecule has 3 rings (SSSR count). The molecule has 0 aliphatic carbocycles. The number of sulfonamides is 1. The summed E-state index contributed by atoms with van der Waals surface area (Å²) >= 11 is 0. The highest BCUT2D eigenvalue weighted by atomic mass is 32.2. The minimum Gasteiger partial charge on any atom is -0.494 e. The summed E-state index contributed by atoms with van der Waals surface area (Å²) in [6.45, 7) is 5.12. The summed E-state index contributed by atoms with van der Waals surface area (Å²) in [5, 5.41) is 2.83. The third kappa shape index (κ3) is 4.56. The average molecular weight is 407 g/mol. The van der Waals surface area contributed by atoms with Crippen LogP contribution in [0.2, 0.25) is 0 Å². The molecule has 1 atom stereocenters. The van der Waals surface area contributed by atoms with E-state index < -0.39 is 10.0 Å². The van der Waals surface area contributed by atoms with Crippen molar-refractivity contribution in [3.05, 3.63) is 47.9 Å². The van der Waals surface area contributed by atoms with Gasteiger partial charge in [0.25, 0.3) is 0 Å². The summed E-state index contributed by atoms with van der Waals surface area (Å²) in [7, 11) is -3.66. The van der Waals surface area contributed by atoms with Crippen LogP contribution in [0.4, 0.5) is 0 Å². The zero-order valence-electron chi connectivity index (χ0n) is 16.2. The first-order valence-corrected chi connectivity index (χ1v) is 10.9. The topological polar surface area (TPSA) is 88.9 Å². The summed E-state index contributed by atoms with van der Waals surface area (Å²) in [5.41, 5.74) is 0.771. The van der Waals surface area contributed by atoms with E-state index in [9.17, 15) is 13.2 Å². The Morgan fingerprint density at radius 3 is 2.86 bits per heavy atom. The van der Waals surface area contributed by atoms with Crippen molar-refractivity contribution in [1.29, 1.82) is 0 Å². The van der Waals surface area contributed by atoms with Gasteiger partial charge in [-0.25, -0.2) is 8.42 Å². The van der Waals surface area contributed by atoms with Gasteiger partial charge in [0, 0.05) is 13.1 Å². The Hall–Kier alpha value is -2.32. The van der Waals surface area contributed by atoms with Crippen molar-refractivity contribution in [2.24, 2.45) is 5.92 Å². The number of ether oxygens (including phenoxy) is 1. The third-order valence-electron chi connectivity index (χ3n) is 4.86. The second-order valence-corrected chi connectivity index (χ2v) is 8.80. The fourth-order valence-corrected chi connectivity index (χ4v) is 4.96. The lowest BCUT2D eigenvalue weighted by Gasteiger charge is -2.31. The largest absolute Gasteiger partial charge is 0.494 e. The van der Waals surface area contributed by atoms with Crippen molar-refractivity contribution in [1.82, 2.24) is 9.62 Å². The van der Waals surface area contributed by atoms with Crippen molar-refractivity contribution in [2.45, 2.75) is 38.1 Å². The molecule has 28 heavy (non-hydrogen) atoms. The minimum absolute atomic E-state index is 0.154. The zero-order chi connectivity index (χ0) is 20.1. The number of nitrogens with zero attached hydrogens (tertiary/aromatic N) is 1. The SMILES string of the molecule is CCOc1ccc(S(=O)(=O)N2CCC[C@@H](C(=O)NCc3ccco3)C2)cc1C. The standard InChI is InChI=1S/C20H26N2O5S/c1-3-26-19-9-8-18(12-15(19)2)28(24,25)22-10-4-6-16(14-22)20(23)21-13-17-7-5-11-27-17/h5,7-9,11-12,16H,3-4,6,10,13-14H2,1-2H3,(H,21,23)/t16-/m1/s1. The average Bonchev–Trinajstić information content (AvgIpc) is 3.21. The van der Waals surface area contributed by atoms with Crippen LogP contribution in [0.1, 0.15) is 31.1 Å². The van der Waals surface area contributed by atoms with Crippen LogP contribution in [0.15, 0.2) is 45.9 Å². The van der Waals surface area contributed by atoms with E-state index in [0.717, 1.165) is 5.56 Å². The van der Waals surface area contributed by atoms with Gasteiger partial charge in [0.05, 0.1) is 30.2 Å². The summed E-state index contributed by atoms with van der Waals surface area (Å²) in [4.78, 5) is 12.7. The first-order chi connectivity index (χ1) is 13.4. The van der Waals surface area contributed by atoms with Crippen LogP contribution in [0, 0.1) is 12.8 Å². The number of aryl methyl sites for hydroxylation is 1. The molecule has 1 aromatic carbocycles.